The van der Waals surface area contributed by atoms with Crippen LogP contribution in [0.25, 0.3) is 0 Å². The van der Waals surface area contributed by atoms with Gasteiger partial charge in [0.1, 0.15) is 11.5 Å². The van der Waals surface area contributed by atoms with Crippen molar-refractivity contribution in [2.45, 2.75) is 6.92 Å². The maximum Gasteiger partial charge on any atom is 0.213 e. The number of ketones is 1. The lowest BCUT2D eigenvalue weighted by Crippen LogP contribution is -2.15. The monoisotopic (exact) mass is 342 g/mol. The number of aromatic hydroxyl groups is 1. The van der Waals surface area contributed by atoms with Crippen LogP contribution in [-0.4, -0.2) is 22.3 Å². The van der Waals surface area contributed by atoms with E-state index in [1.54, 1.807) is 36.4 Å². The highest BCUT2D eigenvalue weighted by Crippen LogP contribution is 2.12. The molecule has 4 heteroatoms. The fraction of sp³-hybridized carbons (Fsp3) is 0.0455. The quantitative estimate of drug-likeness (QED) is 0.422. The van der Waals surface area contributed by atoms with Crippen LogP contribution < -0.4 is 0 Å². The normalized spacial score (nSPS) is 12.0. The summed E-state index contributed by atoms with van der Waals surface area (Å²) >= 11 is 0. The molecule has 3 aromatic rings. The van der Waals surface area contributed by atoms with Crippen molar-refractivity contribution in [1.82, 2.24) is 0 Å². The molecule has 0 spiro atoms. The van der Waals surface area contributed by atoms with Crippen LogP contribution in [0.5, 0.6) is 5.75 Å². The number of rotatable bonds is 5. The molecule has 0 unspecified atom stereocenters. The van der Waals surface area contributed by atoms with Crippen molar-refractivity contribution >= 4 is 17.2 Å². The first-order chi connectivity index (χ1) is 12.6. The number of nitrogens with zero attached hydrogens (tertiary/aromatic N) is 2. The van der Waals surface area contributed by atoms with Gasteiger partial charge in [-0.3, -0.25) is 4.79 Å². The van der Waals surface area contributed by atoms with Gasteiger partial charge in [-0.15, -0.1) is 5.10 Å². The van der Waals surface area contributed by atoms with Gasteiger partial charge in [0.05, 0.1) is 5.71 Å². The zero-order chi connectivity index (χ0) is 18.4. The van der Waals surface area contributed by atoms with Crippen molar-refractivity contribution in [1.29, 1.82) is 0 Å². The molecule has 1 N–H and O–H groups in total. The van der Waals surface area contributed by atoms with Crippen LogP contribution in [0, 0.1) is 0 Å². The van der Waals surface area contributed by atoms with Crippen molar-refractivity contribution < 1.29 is 9.90 Å². The molecule has 0 aliphatic carbocycles. The van der Waals surface area contributed by atoms with Gasteiger partial charge in [-0.25, -0.2) is 0 Å². The van der Waals surface area contributed by atoms with Crippen LogP contribution in [0.2, 0.25) is 0 Å². The van der Waals surface area contributed by atoms with Gasteiger partial charge in [0, 0.05) is 11.1 Å². The summed E-state index contributed by atoms with van der Waals surface area (Å²) in [6, 6.07) is 25.0. The average molecular weight is 342 g/mol. The Hall–Kier alpha value is -3.53. The zero-order valence-corrected chi connectivity index (χ0v) is 14.3. The summed E-state index contributed by atoms with van der Waals surface area (Å²) in [6.07, 6.45) is 0. The van der Waals surface area contributed by atoms with Gasteiger partial charge in [0.15, 0.2) is 0 Å². The van der Waals surface area contributed by atoms with Crippen molar-refractivity contribution in [2.24, 2.45) is 10.2 Å². The Kier molecular flexibility index (Phi) is 5.34. The molecule has 0 bridgehead atoms. The van der Waals surface area contributed by atoms with E-state index < -0.39 is 0 Å². The molecule has 0 saturated heterocycles. The molecule has 0 aliphatic rings. The molecule has 0 amide bonds. The first-order valence-corrected chi connectivity index (χ1v) is 8.22. The summed E-state index contributed by atoms with van der Waals surface area (Å²) < 4.78 is 0. The van der Waals surface area contributed by atoms with Gasteiger partial charge >= 0.3 is 0 Å². The van der Waals surface area contributed by atoms with Crippen LogP contribution in [0.4, 0.5) is 0 Å². The molecule has 0 heterocycles. The molecule has 3 aromatic carbocycles. The second kappa shape index (κ2) is 8.03. The number of hydrogen-bond donors (Lipinski definition) is 1. The molecule has 3 rings (SSSR count). The second-order valence-electron chi connectivity index (χ2n) is 5.74. The Morgan fingerprint density at radius 1 is 0.692 bits per heavy atom. The van der Waals surface area contributed by atoms with Crippen LogP contribution in [0.1, 0.15) is 28.4 Å². The molecule has 4 nitrogen and oxygen atoms in total. The summed E-state index contributed by atoms with van der Waals surface area (Å²) in [7, 11) is 0. The lowest BCUT2D eigenvalue weighted by Gasteiger charge is -2.05. The van der Waals surface area contributed by atoms with Crippen molar-refractivity contribution in [2.75, 3.05) is 0 Å². The molecule has 0 aliphatic heterocycles. The third-order valence-corrected chi connectivity index (χ3v) is 3.88. The summed E-state index contributed by atoms with van der Waals surface area (Å²) in [5.74, 6) is 0.00772. The van der Waals surface area contributed by atoms with Crippen LogP contribution in [0.3, 0.4) is 0 Å². The number of carbonyl (C=O) groups is 1. The fourth-order valence-electron chi connectivity index (χ4n) is 2.44. The van der Waals surface area contributed by atoms with Gasteiger partial charge in [-0.05, 0) is 36.8 Å². The highest BCUT2D eigenvalue weighted by molar-refractivity contribution is 6.51. The standard InChI is InChI=1S/C22H18N2O2/c1-16(17-12-14-20(25)15-13-17)23-24-21(18-8-4-2-5-9-18)22(26)19-10-6-3-7-11-19/h2-15,25H,1H3/b23-16+,24-21+. The third kappa shape index (κ3) is 4.11. The summed E-state index contributed by atoms with van der Waals surface area (Å²) in [5.41, 5.74) is 3.04. The molecular weight excluding hydrogens is 324 g/mol. The fourth-order valence-corrected chi connectivity index (χ4v) is 2.44. The molecule has 0 fully saturated rings. The SMILES string of the molecule is C/C(=N\N=C(\C(=O)c1ccccc1)c1ccccc1)c1ccc(O)cc1. The molecule has 0 saturated carbocycles. The van der Waals surface area contributed by atoms with Crippen LogP contribution >= 0.6 is 0 Å². The van der Waals surface area contributed by atoms with Crippen LogP contribution in [-0.2, 0) is 0 Å². The maximum atomic E-state index is 12.9. The Balaban J connectivity index is 2.00. The Labute approximate surface area is 152 Å². The molecule has 26 heavy (non-hydrogen) atoms. The Morgan fingerprint density at radius 3 is 1.81 bits per heavy atom. The summed E-state index contributed by atoms with van der Waals surface area (Å²) in [5, 5.41) is 17.9. The zero-order valence-electron chi connectivity index (χ0n) is 14.3. The number of carbonyl (C=O) groups excluding carboxylic acids is 1. The highest BCUT2D eigenvalue weighted by Gasteiger charge is 2.16. The lowest BCUT2D eigenvalue weighted by atomic mass is 10.0. The third-order valence-electron chi connectivity index (χ3n) is 3.88. The number of Topliss-reactive ketones (excluding diaryl/α,β-unsaturated/α-hetero) is 1. The van der Waals surface area contributed by atoms with Gasteiger partial charge < -0.3 is 5.11 Å². The van der Waals surface area contributed by atoms with Gasteiger partial charge in [0.2, 0.25) is 5.78 Å². The van der Waals surface area contributed by atoms with Crippen molar-refractivity contribution in [3.8, 4) is 5.75 Å². The van der Waals surface area contributed by atoms with E-state index in [9.17, 15) is 9.90 Å². The minimum absolute atomic E-state index is 0.181. The Bertz CT molecular complexity index is 944. The minimum Gasteiger partial charge on any atom is -0.508 e. The van der Waals surface area contributed by atoms with Crippen LogP contribution in [0.15, 0.2) is 95.1 Å². The number of phenolic OH excluding ortho intramolecular Hbond substituents is 1. The number of benzene rings is 3. The predicted octanol–water partition coefficient (Wildman–Crippen LogP) is 4.49. The highest BCUT2D eigenvalue weighted by atomic mass is 16.3. The maximum absolute atomic E-state index is 12.9. The van der Waals surface area contributed by atoms with Crippen molar-refractivity contribution in [3.63, 3.8) is 0 Å². The van der Waals surface area contributed by atoms with E-state index in [0.717, 1.165) is 5.56 Å². The van der Waals surface area contributed by atoms with E-state index in [-0.39, 0.29) is 17.2 Å². The molecular formula is C22H18N2O2. The molecule has 0 atom stereocenters. The molecule has 128 valence electrons. The predicted molar refractivity (Wildman–Crippen MR) is 104 cm³/mol. The molecule has 0 aromatic heterocycles. The van der Waals surface area contributed by atoms with E-state index in [1.165, 1.54) is 0 Å². The largest absolute Gasteiger partial charge is 0.508 e. The van der Waals surface area contributed by atoms with E-state index in [0.29, 0.717) is 16.8 Å². The van der Waals surface area contributed by atoms with Crippen molar-refractivity contribution in [3.05, 3.63) is 102 Å². The van der Waals surface area contributed by atoms with Gasteiger partial charge in [0.25, 0.3) is 0 Å². The lowest BCUT2D eigenvalue weighted by molar-refractivity contribution is 0.106. The van der Waals surface area contributed by atoms with Gasteiger partial charge in [-0.2, -0.15) is 5.10 Å². The minimum atomic E-state index is -0.181. The van der Waals surface area contributed by atoms with E-state index in [4.69, 9.17) is 0 Å². The number of phenols is 1. The average Bonchev–Trinajstić information content (AvgIpc) is 2.70. The first-order valence-electron chi connectivity index (χ1n) is 8.22. The van der Waals surface area contributed by atoms with E-state index in [2.05, 4.69) is 10.2 Å². The smallest absolute Gasteiger partial charge is 0.213 e. The summed E-state index contributed by atoms with van der Waals surface area (Å²) in [4.78, 5) is 12.9. The first kappa shape index (κ1) is 17.3. The summed E-state index contributed by atoms with van der Waals surface area (Å²) in [6.45, 7) is 1.81. The van der Waals surface area contributed by atoms with Gasteiger partial charge in [-0.1, -0.05) is 60.7 Å². The van der Waals surface area contributed by atoms with E-state index in [1.807, 2.05) is 55.5 Å². The molecule has 0 radical (unpaired) electrons. The second-order valence-corrected chi connectivity index (χ2v) is 5.74. The number of hydrogen-bond acceptors (Lipinski definition) is 4. The topological polar surface area (TPSA) is 62.0 Å². The Morgan fingerprint density at radius 2 is 1.23 bits per heavy atom. The van der Waals surface area contributed by atoms with E-state index >= 15 is 0 Å².